The number of halogens is 2. The molecule has 5 rings (SSSR count). The summed E-state index contributed by atoms with van der Waals surface area (Å²) in [6.07, 6.45) is 32.7. The third kappa shape index (κ3) is 11.0. The van der Waals surface area contributed by atoms with Crippen LogP contribution in [0.2, 0.25) is 0 Å². The van der Waals surface area contributed by atoms with Gasteiger partial charge in [-0.1, -0.05) is 91.4 Å². The molecule has 36 heavy (non-hydrogen) atoms. The molecule has 0 nitrogen and oxygen atoms in total. The molecule has 0 radical (unpaired) electrons. The van der Waals surface area contributed by atoms with E-state index in [-0.39, 0.29) is 14.9 Å². The second-order valence-electron chi connectivity index (χ2n) is 10.1. The van der Waals surface area contributed by atoms with Crippen molar-refractivity contribution in [1.29, 1.82) is 0 Å². The molecule has 2 saturated carbocycles. The summed E-state index contributed by atoms with van der Waals surface area (Å²) in [5.41, 5.74) is 1.49. The summed E-state index contributed by atoms with van der Waals surface area (Å²) in [5.74, 6) is 5.25. The zero-order chi connectivity index (χ0) is 24.0. The van der Waals surface area contributed by atoms with Gasteiger partial charge < -0.3 is 14.9 Å². The van der Waals surface area contributed by atoms with Gasteiger partial charge in [-0.05, 0) is 92.4 Å². The van der Waals surface area contributed by atoms with Gasteiger partial charge in [0.1, 0.15) is 0 Å². The molecule has 4 aliphatic rings. The van der Waals surface area contributed by atoms with Crippen molar-refractivity contribution in [3.63, 3.8) is 0 Å². The van der Waals surface area contributed by atoms with Crippen molar-refractivity contribution < 1.29 is 20.8 Å². The van der Waals surface area contributed by atoms with Gasteiger partial charge in [0.05, 0.1) is 0 Å². The molecule has 0 saturated heterocycles. The minimum absolute atomic E-state index is 0. The average Bonchev–Trinajstić information content (AvgIpc) is 3.48. The normalized spacial score (nSPS) is 28.1. The van der Waals surface area contributed by atoms with Crippen molar-refractivity contribution in [2.75, 3.05) is 0 Å². The Morgan fingerprint density at radius 3 is 2.00 bits per heavy atom. The number of rotatable bonds is 7. The van der Waals surface area contributed by atoms with Gasteiger partial charge in [-0.2, -0.15) is 0 Å². The minimum atomic E-state index is -0.826. The van der Waals surface area contributed by atoms with Crippen molar-refractivity contribution in [3.8, 4) is 0 Å². The molecule has 0 aliphatic heterocycles. The summed E-state index contributed by atoms with van der Waals surface area (Å²) >= 11 is -0.826. The standard InChI is InChI=1S/C18H22.C13H18.2CH3.2ClH.Zr/c1-2-7-15(8-3-1)9-6-10-16-13-17-11-4-5-12-18(17)14-16;1-2-3-6-11-9-10-12-7-4-5-8-13(11)12;;;;;/h1-5,7-8,11-12,16-18H,6,9-10,13-14H2;2,4-5,7-8,11-13H,1,3,6,9-10H2;2*1H3;2*1H;/q;;2*-1;;;+4/p-2. The van der Waals surface area contributed by atoms with Gasteiger partial charge in [-0.25, -0.2) is 0 Å². The molecule has 2 fully saturated rings. The Balaban J connectivity index is 0.000000320. The molecular weight excluding hydrogens is 558 g/mol. The third-order valence-corrected chi connectivity index (χ3v) is 7.96. The van der Waals surface area contributed by atoms with Crippen LogP contribution in [0.25, 0.3) is 0 Å². The zero-order valence-corrected chi connectivity index (χ0v) is 26.3. The van der Waals surface area contributed by atoms with Crippen LogP contribution in [0.3, 0.4) is 0 Å². The molecule has 0 N–H and O–H groups in total. The summed E-state index contributed by atoms with van der Waals surface area (Å²) in [6.45, 7) is 3.79. The summed E-state index contributed by atoms with van der Waals surface area (Å²) in [6, 6.07) is 10.9. The summed E-state index contributed by atoms with van der Waals surface area (Å²) in [4.78, 5) is 0. The van der Waals surface area contributed by atoms with E-state index in [1.807, 2.05) is 0 Å². The van der Waals surface area contributed by atoms with Gasteiger partial charge in [-0.3, -0.25) is 0 Å². The summed E-state index contributed by atoms with van der Waals surface area (Å²) in [5, 5.41) is 0. The number of hydrogen-bond acceptors (Lipinski definition) is 0. The van der Waals surface area contributed by atoms with Crippen LogP contribution in [-0.2, 0) is 27.3 Å². The quantitative estimate of drug-likeness (QED) is 0.215. The zero-order valence-electron chi connectivity index (χ0n) is 22.4. The number of benzene rings is 1. The Hall–Kier alpha value is -0.617. The van der Waals surface area contributed by atoms with E-state index < -0.39 is 20.8 Å². The SMILES string of the molecule is C1=CC2CC(CCCc3ccccc3)CC2C=C1.C=CCCC1CCC2C=CC=CC21.[CH3-].[CH3-].[Cl][Zr+2][Cl]. The molecule has 4 aliphatic carbocycles. The molecule has 0 spiro atoms. The molecule has 0 heterocycles. The maximum absolute atomic E-state index is 4.93. The maximum atomic E-state index is 4.93. The van der Waals surface area contributed by atoms with Crippen molar-refractivity contribution in [2.45, 2.75) is 57.8 Å². The van der Waals surface area contributed by atoms with E-state index in [9.17, 15) is 0 Å². The topological polar surface area (TPSA) is 0 Å². The van der Waals surface area contributed by atoms with Crippen LogP contribution in [-0.4, -0.2) is 0 Å². The predicted molar refractivity (Wildman–Crippen MR) is 159 cm³/mol. The molecule has 3 heteroatoms. The molecule has 5 atom stereocenters. The summed E-state index contributed by atoms with van der Waals surface area (Å²) < 4.78 is 0. The fourth-order valence-corrected chi connectivity index (χ4v) is 6.28. The Labute approximate surface area is 241 Å². The first-order valence-electron chi connectivity index (χ1n) is 13.1. The van der Waals surface area contributed by atoms with Gasteiger partial charge in [0.2, 0.25) is 0 Å². The van der Waals surface area contributed by atoms with Gasteiger partial charge in [0.15, 0.2) is 0 Å². The van der Waals surface area contributed by atoms with Crippen LogP contribution in [0.5, 0.6) is 0 Å². The molecule has 0 amide bonds. The Morgan fingerprint density at radius 1 is 0.806 bits per heavy atom. The van der Waals surface area contributed by atoms with Crippen LogP contribution in [0.4, 0.5) is 0 Å². The molecule has 5 unspecified atom stereocenters. The van der Waals surface area contributed by atoms with Crippen molar-refractivity contribution in [1.82, 2.24) is 0 Å². The Bertz CT molecular complexity index is 805. The van der Waals surface area contributed by atoms with Crippen molar-refractivity contribution in [3.05, 3.63) is 112 Å². The number of allylic oxidation sites excluding steroid dienone is 9. The van der Waals surface area contributed by atoms with E-state index >= 15 is 0 Å². The number of hydrogen-bond donors (Lipinski definition) is 0. The van der Waals surface area contributed by atoms with Gasteiger partial charge >= 0.3 is 37.9 Å². The molecule has 0 aromatic heterocycles. The fraction of sp³-hybridized carbons (Fsp3) is 0.455. The Morgan fingerprint density at radius 2 is 1.39 bits per heavy atom. The second-order valence-corrected chi connectivity index (χ2v) is 13.8. The second kappa shape index (κ2) is 19.5. The predicted octanol–water partition coefficient (Wildman–Crippen LogP) is 10.8. The van der Waals surface area contributed by atoms with E-state index in [4.69, 9.17) is 17.0 Å². The van der Waals surface area contributed by atoms with Gasteiger partial charge in [-0.15, -0.1) is 6.58 Å². The van der Waals surface area contributed by atoms with Crippen LogP contribution in [0.1, 0.15) is 56.9 Å². The monoisotopic (exact) mass is 602 g/mol. The van der Waals surface area contributed by atoms with E-state index in [0.29, 0.717) is 0 Å². The van der Waals surface area contributed by atoms with Crippen LogP contribution in [0.15, 0.2) is 91.6 Å². The molecule has 1 aromatic rings. The van der Waals surface area contributed by atoms with E-state index in [1.54, 1.807) is 0 Å². The first-order chi connectivity index (χ1) is 16.7. The number of fused-ring (bicyclic) bond motifs is 2. The van der Waals surface area contributed by atoms with Gasteiger partial charge in [0, 0.05) is 0 Å². The van der Waals surface area contributed by atoms with Crippen LogP contribution < -0.4 is 0 Å². The first kappa shape index (κ1) is 33.4. The average molecular weight is 605 g/mol. The van der Waals surface area contributed by atoms with Crippen molar-refractivity contribution >= 4 is 17.0 Å². The van der Waals surface area contributed by atoms with Crippen LogP contribution >= 0.6 is 17.0 Å². The number of aryl methyl sites for hydroxylation is 1. The molecule has 0 bridgehead atoms. The first-order valence-corrected chi connectivity index (χ1v) is 19.4. The van der Waals surface area contributed by atoms with E-state index in [1.165, 1.54) is 63.4 Å². The van der Waals surface area contributed by atoms with Crippen molar-refractivity contribution in [2.24, 2.45) is 35.5 Å². The Kier molecular flexibility index (Phi) is 18.1. The third-order valence-electron chi connectivity index (χ3n) is 7.96. The fourth-order valence-electron chi connectivity index (χ4n) is 6.28. The molecule has 1 aromatic carbocycles. The molecular formula is C33H46Cl2Zr. The van der Waals surface area contributed by atoms with Gasteiger partial charge in [0.25, 0.3) is 0 Å². The molecule has 196 valence electrons. The van der Waals surface area contributed by atoms with Crippen LogP contribution in [0, 0.1) is 50.4 Å². The van der Waals surface area contributed by atoms with E-state index in [0.717, 1.165) is 35.5 Å². The van der Waals surface area contributed by atoms with E-state index in [2.05, 4.69) is 91.6 Å². The summed E-state index contributed by atoms with van der Waals surface area (Å²) in [7, 11) is 9.87.